The Morgan fingerprint density at radius 2 is 1.81 bits per heavy atom. The largest absolute Gasteiger partial charge is 0.434 e. The molecule has 0 atom stereocenters. The van der Waals surface area contributed by atoms with E-state index < -0.39 is 6.61 Å². The first-order valence-electron chi connectivity index (χ1n) is 4.74. The third-order valence-corrected chi connectivity index (χ3v) is 2.92. The third-order valence-electron chi connectivity index (χ3n) is 2.31. The minimum Gasteiger partial charge on any atom is -0.434 e. The highest BCUT2D eigenvalue weighted by Gasteiger charge is 2.10. The second-order valence-corrected chi connectivity index (χ2v) is 3.84. The zero-order valence-corrected chi connectivity index (χ0v) is 9.88. The van der Waals surface area contributed by atoms with Gasteiger partial charge in [0.25, 0.3) is 0 Å². The van der Waals surface area contributed by atoms with Gasteiger partial charge in [0.05, 0.1) is 0 Å². The lowest BCUT2D eigenvalue weighted by molar-refractivity contribution is -0.0488. The molecule has 16 heavy (non-hydrogen) atoms. The molecule has 0 aliphatic heterocycles. The monoisotopic (exact) mass is 286 g/mol. The van der Waals surface area contributed by atoms with Crippen LogP contribution >= 0.6 is 15.9 Å². The van der Waals surface area contributed by atoms with Crippen molar-refractivity contribution in [2.75, 3.05) is 0 Å². The summed E-state index contributed by atoms with van der Waals surface area (Å²) >= 11 is 3.34. The van der Waals surface area contributed by atoms with Crippen molar-refractivity contribution in [2.45, 2.75) is 11.9 Å². The van der Waals surface area contributed by atoms with Crippen LogP contribution in [-0.2, 0) is 5.33 Å². The first-order valence-corrected chi connectivity index (χ1v) is 5.86. The summed E-state index contributed by atoms with van der Waals surface area (Å²) in [5.74, 6) is 0.225. The van der Waals surface area contributed by atoms with Gasteiger partial charge in [0.15, 0.2) is 0 Å². The summed E-state index contributed by atoms with van der Waals surface area (Å²) in [7, 11) is 0. The van der Waals surface area contributed by atoms with Gasteiger partial charge in [-0.1, -0.05) is 46.3 Å². The Balaban J connectivity index is 2.63. The van der Waals surface area contributed by atoms with Gasteiger partial charge in [0, 0.05) is 10.7 Å². The second kappa shape index (κ2) is 4.78. The molecule has 0 saturated carbocycles. The molecule has 0 saturated heterocycles. The molecule has 2 aromatic carbocycles. The van der Waals surface area contributed by atoms with Crippen LogP contribution in [-0.4, -0.2) is 6.61 Å². The minimum absolute atomic E-state index is 0.225. The van der Waals surface area contributed by atoms with Gasteiger partial charge in [-0.15, -0.1) is 0 Å². The number of fused-ring (bicyclic) bond motifs is 1. The number of rotatable bonds is 3. The summed E-state index contributed by atoms with van der Waals surface area (Å²) in [5, 5.41) is 2.24. The summed E-state index contributed by atoms with van der Waals surface area (Å²) in [6.45, 7) is -2.80. The molecule has 0 aliphatic rings. The molecule has 0 N–H and O–H groups in total. The minimum atomic E-state index is -2.80. The van der Waals surface area contributed by atoms with Gasteiger partial charge in [-0.3, -0.25) is 0 Å². The molecule has 0 heterocycles. The van der Waals surface area contributed by atoms with Crippen LogP contribution in [0.15, 0.2) is 36.4 Å². The first-order chi connectivity index (χ1) is 7.72. The number of alkyl halides is 3. The summed E-state index contributed by atoms with van der Waals surface area (Å²) in [6.07, 6.45) is 0. The molecule has 0 spiro atoms. The molecule has 0 radical (unpaired) electrons. The van der Waals surface area contributed by atoms with Crippen LogP contribution in [0, 0.1) is 0 Å². The molecular weight excluding hydrogens is 278 g/mol. The Hall–Kier alpha value is -1.16. The number of hydrogen-bond acceptors (Lipinski definition) is 1. The molecule has 0 bridgehead atoms. The van der Waals surface area contributed by atoms with Gasteiger partial charge < -0.3 is 4.74 Å². The van der Waals surface area contributed by atoms with Gasteiger partial charge in [-0.25, -0.2) is 0 Å². The molecule has 4 heteroatoms. The van der Waals surface area contributed by atoms with Crippen LogP contribution in [0.1, 0.15) is 5.56 Å². The quantitative estimate of drug-likeness (QED) is 0.763. The molecule has 0 amide bonds. The van der Waals surface area contributed by atoms with Crippen LogP contribution < -0.4 is 4.74 Å². The van der Waals surface area contributed by atoms with Crippen molar-refractivity contribution in [2.24, 2.45) is 0 Å². The smallest absolute Gasteiger partial charge is 0.387 e. The molecule has 0 fully saturated rings. The van der Waals surface area contributed by atoms with Gasteiger partial charge in [-0.2, -0.15) is 8.78 Å². The molecular formula is C12H9BrF2O. The fraction of sp³-hybridized carbons (Fsp3) is 0.167. The normalized spacial score (nSPS) is 11.0. The summed E-state index contributed by atoms with van der Waals surface area (Å²) in [6, 6.07) is 10.8. The van der Waals surface area contributed by atoms with Crippen molar-refractivity contribution in [3.8, 4) is 5.75 Å². The van der Waals surface area contributed by atoms with E-state index in [1.807, 2.05) is 24.3 Å². The molecule has 2 rings (SSSR count). The van der Waals surface area contributed by atoms with E-state index >= 15 is 0 Å². The Morgan fingerprint density at radius 3 is 2.44 bits per heavy atom. The number of ether oxygens (including phenoxy) is 1. The van der Waals surface area contributed by atoms with E-state index in [0.29, 0.717) is 5.33 Å². The van der Waals surface area contributed by atoms with E-state index in [-0.39, 0.29) is 5.75 Å². The van der Waals surface area contributed by atoms with E-state index in [9.17, 15) is 8.78 Å². The molecule has 2 aromatic rings. The van der Waals surface area contributed by atoms with Gasteiger partial charge in [0.1, 0.15) is 5.75 Å². The van der Waals surface area contributed by atoms with Crippen LogP contribution in [0.3, 0.4) is 0 Å². The maximum atomic E-state index is 12.3. The van der Waals surface area contributed by atoms with Crippen LogP contribution in [0.2, 0.25) is 0 Å². The second-order valence-electron chi connectivity index (χ2n) is 3.28. The Labute approximate surface area is 100 Å². The lowest BCUT2D eigenvalue weighted by atomic mass is 10.0. The Kier molecular flexibility index (Phi) is 3.39. The van der Waals surface area contributed by atoms with Crippen molar-refractivity contribution >= 4 is 26.7 Å². The Morgan fingerprint density at radius 1 is 1.12 bits per heavy atom. The highest BCUT2D eigenvalue weighted by molar-refractivity contribution is 9.08. The van der Waals surface area contributed by atoms with E-state index in [1.165, 1.54) is 0 Å². The van der Waals surface area contributed by atoms with Gasteiger partial charge >= 0.3 is 6.61 Å². The lowest BCUT2D eigenvalue weighted by Crippen LogP contribution is -2.02. The third kappa shape index (κ3) is 2.16. The summed E-state index contributed by atoms with van der Waals surface area (Å²) in [5.41, 5.74) is 0.939. The summed E-state index contributed by atoms with van der Waals surface area (Å²) in [4.78, 5) is 0. The van der Waals surface area contributed by atoms with Crippen LogP contribution in [0.4, 0.5) is 8.78 Å². The standard InChI is InChI=1S/C12H9BrF2O/c13-7-9-5-1-3-8-4-2-6-10(11(8)9)16-12(14)15/h1-6,12H,7H2. The van der Waals surface area contributed by atoms with Crippen molar-refractivity contribution in [1.29, 1.82) is 0 Å². The van der Waals surface area contributed by atoms with Crippen molar-refractivity contribution in [1.82, 2.24) is 0 Å². The first kappa shape index (κ1) is 11.3. The molecule has 84 valence electrons. The number of halogens is 3. The van der Waals surface area contributed by atoms with E-state index in [0.717, 1.165) is 16.3 Å². The number of benzene rings is 2. The fourth-order valence-corrected chi connectivity index (χ4v) is 2.15. The maximum absolute atomic E-state index is 12.3. The average molecular weight is 287 g/mol. The Bertz CT molecular complexity index is 494. The van der Waals surface area contributed by atoms with Crippen molar-refractivity contribution in [3.63, 3.8) is 0 Å². The summed E-state index contributed by atoms with van der Waals surface area (Å²) < 4.78 is 29.0. The average Bonchev–Trinajstić information content (AvgIpc) is 2.28. The van der Waals surface area contributed by atoms with E-state index in [2.05, 4.69) is 20.7 Å². The van der Waals surface area contributed by atoms with Crippen molar-refractivity contribution in [3.05, 3.63) is 42.0 Å². The van der Waals surface area contributed by atoms with Gasteiger partial charge in [-0.05, 0) is 17.0 Å². The molecule has 0 aliphatic carbocycles. The predicted octanol–water partition coefficient (Wildman–Crippen LogP) is 4.34. The maximum Gasteiger partial charge on any atom is 0.387 e. The van der Waals surface area contributed by atoms with E-state index in [1.54, 1.807) is 12.1 Å². The van der Waals surface area contributed by atoms with E-state index in [4.69, 9.17) is 0 Å². The van der Waals surface area contributed by atoms with Crippen LogP contribution in [0.25, 0.3) is 10.8 Å². The SMILES string of the molecule is FC(F)Oc1cccc2cccc(CBr)c12. The molecule has 1 nitrogen and oxygen atoms in total. The highest BCUT2D eigenvalue weighted by atomic mass is 79.9. The highest BCUT2D eigenvalue weighted by Crippen LogP contribution is 2.31. The zero-order chi connectivity index (χ0) is 11.5. The zero-order valence-electron chi connectivity index (χ0n) is 8.29. The number of hydrogen-bond donors (Lipinski definition) is 0. The van der Waals surface area contributed by atoms with Crippen molar-refractivity contribution < 1.29 is 13.5 Å². The predicted molar refractivity (Wildman–Crippen MR) is 63.2 cm³/mol. The topological polar surface area (TPSA) is 9.23 Å². The van der Waals surface area contributed by atoms with Gasteiger partial charge in [0.2, 0.25) is 0 Å². The molecule has 0 aromatic heterocycles. The fourth-order valence-electron chi connectivity index (χ4n) is 1.69. The molecule has 0 unspecified atom stereocenters. The lowest BCUT2D eigenvalue weighted by Gasteiger charge is -2.10. The van der Waals surface area contributed by atoms with Crippen LogP contribution in [0.5, 0.6) is 5.75 Å².